The molecule has 0 spiro atoms. The summed E-state index contributed by atoms with van der Waals surface area (Å²) in [5.74, 6) is 0.0753. The molecule has 3 rings (SSSR count). The summed E-state index contributed by atoms with van der Waals surface area (Å²) >= 11 is 0. The molecule has 0 aromatic heterocycles. The van der Waals surface area contributed by atoms with E-state index in [1.807, 2.05) is 30.3 Å². The molecule has 5 nitrogen and oxygen atoms in total. The summed E-state index contributed by atoms with van der Waals surface area (Å²) < 4.78 is 7.56. The normalized spacial score (nSPS) is 26.4. The van der Waals surface area contributed by atoms with Crippen LogP contribution in [0.5, 0.6) is 0 Å². The number of benzene rings is 1. The Morgan fingerprint density at radius 1 is 1.00 bits per heavy atom. The molecule has 0 unspecified atom stereocenters. The fourth-order valence-corrected chi connectivity index (χ4v) is 6.89. The van der Waals surface area contributed by atoms with Gasteiger partial charge in [-0.15, -0.1) is 0 Å². The van der Waals surface area contributed by atoms with E-state index in [-0.39, 0.29) is 34.5 Å². The van der Waals surface area contributed by atoms with Gasteiger partial charge in [-0.3, -0.25) is 9.69 Å². The molecule has 2 fully saturated rings. The van der Waals surface area contributed by atoms with Crippen molar-refractivity contribution >= 4 is 20.2 Å². The largest absolute Gasteiger partial charge is 0.447 e. The maximum atomic E-state index is 13.5. The molecule has 0 N–H and O–H groups in total. The molecule has 0 saturated carbocycles. The molecular weight excluding hydrogens is 368 g/mol. The van der Waals surface area contributed by atoms with Crippen LogP contribution < -0.4 is 0 Å². The summed E-state index contributed by atoms with van der Waals surface area (Å²) in [5, 5.41) is 0.0431. The van der Waals surface area contributed by atoms with Crippen molar-refractivity contribution < 1.29 is 14.3 Å². The summed E-state index contributed by atoms with van der Waals surface area (Å²) in [5.41, 5.74) is 0.873. The van der Waals surface area contributed by atoms with Crippen molar-refractivity contribution in [2.24, 2.45) is 5.41 Å². The number of hydrogen-bond donors (Lipinski definition) is 0. The first-order valence-corrected chi connectivity index (χ1v) is 13.1. The molecule has 2 heterocycles. The van der Waals surface area contributed by atoms with E-state index in [1.54, 1.807) is 4.90 Å². The highest BCUT2D eigenvalue weighted by Crippen LogP contribution is 2.50. The monoisotopic (exact) mass is 402 g/mol. The molecule has 2 amide bonds. The molecule has 2 aliphatic heterocycles. The molecule has 2 saturated heterocycles. The minimum Gasteiger partial charge on any atom is -0.447 e. The first-order chi connectivity index (χ1) is 12.8. The second-order valence-corrected chi connectivity index (χ2v) is 15.8. The number of β-lactam (4-membered cyclic amide) rings is 1. The van der Waals surface area contributed by atoms with E-state index < -0.39 is 14.3 Å². The highest BCUT2D eigenvalue weighted by molar-refractivity contribution is 6.80. The molecule has 0 bridgehead atoms. The summed E-state index contributed by atoms with van der Waals surface area (Å²) in [4.78, 5) is 27.9. The Morgan fingerprint density at radius 3 is 2.07 bits per heavy atom. The lowest BCUT2D eigenvalue weighted by molar-refractivity contribution is -0.156. The Kier molecular flexibility index (Phi) is 4.94. The Morgan fingerprint density at radius 2 is 1.57 bits per heavy atom. The van der Waals surface area contributed by atoms with Crippen molar-refractivity contribution in [1.29, 1.82) is 0 Å². The third-order valence-electron chi connectivity index (χ3n) is 6.79. The number of nitrogens with zero attached hydrogens (tertiary/aromatic N) is 2. The van der Waals surface area contributed by atoms with Gasteiger partial charge in [0.1, 0.15) is 12.6 Å². The maximum Gasteiger partial charge on any atom is 0.411 e. The Bertz CT molecular complexity index is 764. The first-order valence-electron chi connectivity index (χ1n) is 10.1. The molecule has 2 aliphatic rings. The van der Waals surface area contributed by atoms with Gasteiger partial charge in [-0.2, -0.15) is 0 Å². The van der Waals surface area contributed by atoms with Gasteiger partial charge in [0.2, 0.25) is 5.91 Å². The summed E-state index contributed by atoms with van der Waals surface area (Å²) in [6, 6.07) is 9.18. The van der Waals surface area contributed by atoms with Crippen molar-refractivity contribution in [3.05, 3.63) is 35.9 Å². The zero-order chi connectivity index (χ0) is 21.1. The third-order valence-corrected chi connectivity index (χ3v) is 12.2. The lowest BCUT2D eigenvalue weighted by atomic mass is 9.76. The van der Waals surface area contributed by atoms with E-state index in [4.69, 9.17) is 4.74 Å². The number of carbonyl (C=O) groups excluding carboxylic acids is 2. The van der Waals surface area contributed by atoms with Crippen molar-refractivity contribution in [1.82, 2.24) is 9.47 Å². The van der Waals surface area contributed by atoms with Gasteiger partial charge in [0.25, 0.3) is 0 Å². The zero-order valence-corrected chi connectivity index (χ0v) is 19.4. The Balaban J connectivity index is 2.01. The molecule has 3 atom stereocenters. The van der Waals surface area contributed by atoms with Gasteiger partial charge in [-0.1, -0.05) is 85.0 Å². The van der Waals surface area contributed by atoms with Gasteiger partial charge in [0.15, 0.2) is 8.24 Å². The second-order valence-electron chi connectivity index (χ2n) is 10.7. The predicted molar refractivity (Wildman–Crippen MR) is 113 cm³/mol. The van der Waals surface area contributed by atoms with Crippen LogP contribution in [0.3, 0.4) is 0 Å². The van der Waals surface area contributed by atoms with Crippen molar-refractivity contribution in [2.45, 2.75) is 77.8 Å². The van der Waals surface area contributed by atoms with E-state index in [1.165, 1.54) is 0 Å². The smallest absolute Gasteiger partial charge is 0.411 e. The van der Waals surface area contributed by atoms with Gasteiger partial charge in [0, 0.05) is 0 Å². The molecule has 0 aliphatic carbocycles. The quantitative estimate of drug-likeness (QED) is 0.538. The highest BCUT2D eigenvalue weighted by Gasteiger charge is 2.64. The van der Waals surface area contributed by atoms with Crippen LogP contribution in [0.25, 0.3) is 0 Å². The second kappa shape index (κ2) is 6.61. The Hall–Kier alpha value is -1.82. The topological polar surface area (TPSA) is 49.9 Å². The minimum atomic E-state index is -2.07. The summed E-state index contributed by atoms with van der Waals surface area (Å²) in [7, 11) is -2.07. The van der Waals surface area contributed by atoms with E-state index in [0.29, 0.717) is 6.61 Å². The average molecular weight is 403 g/mol. The number of amides is 2. The van der Waals surface area contributed by atoms with Crippen molar-refractivity contribution in [2.75, 3.05) is 6.61 Å². The predicted octanol–water partition coefficient (Wildman–Crippen LogP) is 4.81. The van der Waals surface area contributed by atoms with Crippen LogP contribution in [0, 0.1) is 5.41 Å². The van der Waals surface area contributed by atoms with Crippen molar-refractivity contribution in [3.8, 4) is 0 Å². The molecule has 6 heteroatoms. The molecule has 0 radical (unpaired) electrons. The minimum absolute atomic E-state index is 0.0160. The zero-order valence-electron chi connectivity index (χ0n) is 18.4. The SMILES string of the molecule is CC(C)(C)[C@@H]1[C@@H](N2C(=O)OC[C@@H]2c2ccccc2)C(=O)N1[Si](C)(C)C(C)(C)C. The van der Waals surface area contributed by atoms with Crippen molar-refractivity contribution in [3.63, 3.8) is 0 Å². The first kappa shape index (κ1) is 20.9. The van der Waals surface area contributed by atoms with Crippen LogP contribution in [0.1, 0.15) is 53.1 Å². The van der Waals surface area contributed by atoms with Gasteiger partial charge < -0.3 is 9.30 Å². The number of hydrogen-bond acceptors (Lipinski definition) is 3. The van der Waals surface area contributed by atoms with Gasteiger partial charge in [-0.25, -0.2) is 4.79 Å². The number of carbonyl (C=O) groups is 2. The molecule has 154 valence electrons. The summed E-state index contributed by atoms with van der Waals surface area (Å²) in [6.45, 7) is 18.0. The molecule has 1 aromatic carbocycles. The lowest BCUT2D eigenvalue weighted by Crippen LogP contribution is -2.81. The number of rotatable bonds is 3. The molecular formula is C22H34N2O3Si. The fourth-order valence-electron chi connectivity index (χ4n) is 4.26. The van der Waals surface area contributed by atoms with Crippen LogP contribution in [0.2, 0.25) is 18.1 Å². The van der Waals surface area contributed by atoms with E-state index in [0.717, 1.165) is 5.56 Å². The van der Waals surface area contributed by atoms with E-state index in [9.17, 15) is 9.59 Å². The van der Waals surface area contributed by atoms with Gasteiger partial charge in [0.05, 0.1) is 12.1 Å². The van der Waals surface area contributed by atoms with Crippen LogP contribution in [0.4, 0.5) is 4.79 Å². The van der Waals surface area contributed by atoms with Crippen LogP contribution in [-0.4, -0.2) is 48.4 Å². The fraction of sp³-hybridized carbons (Fsp3) is 0.636. The molecule has 1 aromatic rings. The van der Waals surface area contributed by atoms with Gasteiger partial charge in [-0.05, 0) is 16.0 Å². The van der Waals surface area contributed by atoms with E-state index >= 15 is 0 Å². The van der Waals surface area contributed by atoms with E-state index in [2.05, 4.69) is 59.2 Å². The summed E-state index contributed by atoms with van der Waals surface area (Å²) in [6.07, 6.45) is -0.378. The lowest BCUT2D eigenvalue weighted by Gasteiger charge is -2.63. The Labute approximate surface area is 170 Å². The van der Waals surface area contributed by atoms with Crippen LogP contribution >= 0.6 is 0 Å². The standard InChI is InChI=1S/C22H34N2O3Si/c1-21(2,3)18-17(19(25)24(18)28(7,8)22(4,5)6)23-16(14-27-20(23)26)15-12-10-9-11-13-15/h9-13,16-18H,14H2,1-8H3/t16-,17-,18+/m1/s1. The number of cyclic esters (lactones) is 1. The van der Waals surface area contributed by atoms with Crippen LogP contribution in [0.15, 0.2) is 30.3 Å². The molecule has 28 heavy (non-hydrogen) atoms. The highest BCUT2D eigenvalue weighted by atomic mass is 28.3. The maximum absolute atomic E-state index is 13.5. The van der Waals surface area contributed by atoms with Crippen LogP contribution in [-0.2, 0) is 9.53 Å². The average Bonchev–Trinajstić information content (AvgIpc) is 2.92. The van der Waals surface area contributed by atoms with Gasteiger partial charge >= 0.3 is 6.09 Å². The third kappa shape index (κ3) is 3.15. The number of ether oxygens (including phenoxy) is 1.